The number of benzene rings is 3. The van der Waals surface area contributed by atoms with Crippen molar-refractivity contribution in [1.82, 2.24) is 10.2 Å². The Morgan fingerprint density at radius 2 is 1.55 bits per heavy atom. The van der Waals surface area contributed by atoms with Gasteiger partial charge in [-0.2, -0.15) is 0 Å². The zero-order chi connectivity index (χ0) is 29.4. The van der Waals surface area contributed by atoms with Gasteiger partial charge in [0.2, 0.25) is 21.8 Å². The third-order valence-corrected chi connectivity index (χ3v) is 8.83. The summed E-state index contributed by atoms with van der Waals surface area (Å²) in [7, 11) is -3.86. The second-order valence-electron chi connectivity index (χ2n) is 9.49. The summed E-state index contributed by atoms with van der Waals surface area (Å²) in [6.45, 7) is 3.21. The van der Waals surface area contributed by atoms with E-state index in [1.807, 2.05) is 44.2 Å². The highest BCUT2D eigenvalue weighted by Gasteiger charge is 2.34. The van der Waals surface area contributed by atoms with Crippen LogP contribution < -0.4 is 9.62 Å². The molecule has 0 unspecified atom stereocenters. The molecule has 0 aliphatic heterocycles. The van der Waals surface area contributed by atoms with Gasteiger partial charge in [0.25, 0.3) is 0 Å². The lowest BCUT2D eigenvalue weighted by Gasteiger charge is -2.34. The van der Waals surface area contributed by atoms with Crippen molar-refractivity contribution in [2.24, 2.45) is 0 Å². The maximum absolute atomic E-state index is 14.1. The molecule has 214 valence electrons. The SMILES string of the molecule is CC[C@@H](C)NC(=O)[C@H](Cc1ccccc1)N(Cc1c(Cl)cccc1Cl)C(=O)CN(c1ccc(Br)cc1)S(C)(=O)=O. The summed E-state index contributed by atoms with van der Waals surface area (Å²) >= 11 is 16.3. The molecule has 0 bridgehead atoms. The average molecular weight is 669 g/mol. The Balaban J connectivity index is 2.10. The van der Waals surface area contributed by atoms with Crippen molar-refractivity contribution in [2.75, 3.05) is 17.1 Å². The molecule has 3 aromatic rings. The summed E-state index contributed by atoms with van der Waals surface area (Å²) < 4.78 is 27.5. The van der Waals surface area contributed by atoms with Crippen LogP contribution in [0.3, 0.4) is 0 Å². The monoisotopic (exact) mass is 667 g/mol. The van der Waals surface area contributed by atoms with Crippen molar-refractivity contribution in [3.63, 3.8) is 0 Å². The molecule has 0 radical (unpaired) electrons. The molecule has 7 nitrogen and oxygen atoms in total. The molecule has 2 atom stereocenters. The Bertz CT molecular complexity index is 1400. The van der Waals surface area contributed by atoms with Crippen molar-refractivity contribution in [2.45, 2.75) is 45.3 Å². The van der Waals surface area contributed by atoms with Gasteiger partial charge in [0.15, 0.2) is 0 Å². The Hall–Kier alpha value is -2.59. The van der Waals surface area contributed by atoms with E-state index in [4.69, 9.17) is 23.2 Å². The van der Waals surface area contributed by atoms with Gasteiger partial charge in [-0.1, -0.05) is 82.5 Å². The second-order valence-corrected chi connectivity index (χ2v) is 13.1. The third kappa shape index (κ3) is 8.70. The first kappa shape index (κ1) is 31.9. The van der Waals surface area contributed by atoms with E-state index in [2.05, 4.69) is 21.2 Å². The van der Waals surface area contributed by atoms with E-state index in [1.54, 1.807) is 42.5 Å². The minimum atomic E-state index is -3.86. The van der Waals surface area contributed by atoms with E-state index in [1.165, 1.54) is 4.90 Å². The van der Waals surface area contributed by atoms with Gasteiger partial charge in [-0.15, -0.1) is 0 Å². The number of carbonyl (C=O) groups excluding carboxylic acids is 2. The quantitative estimate of drug-likeness (QED) is 0.254. The summed E-state index contributed by atoms with van der Waals surface area (Å²) in [5, 5.41) is 3.65. The number of anilines is 1. The molecule has 3 aromatic carbocycles. The van der Waals surface area contributed by atoms with E-state index < -0.39 is 28.5 Å². The van der Waals surface area contributed by atoms with Crippen LogP contribution in [0, 0.1) is 0 Å². The lowest BCUT2D eigenvalue weighted by molar-refractivity contribution is -0.140. The molecule has 2 amide bonds. The first-order chi connectivity index (χ1) is 18.9. The highest BCUT2D eigenvalue weighted by molar-refractivity contribution is 9.10. The van der Waals surface area contributed by atoms with Crippen LogP contribution in [0.15, 0.2) is 77.3 Å². The standard InChI is InChI=1S/C29H32BrCl2N3O4S/c1-4-20(2)33-29(37)27(17-21-9-6-5-7-10-21)34(18-24-25(31)11-8-12-26(24)32)28(36)19-35(40(3,38)39)23-15-13-22(30)14-16-23/h5-16,20,27H,4,17-19H2,1-3H3,(H,33,37)/t20-,27+/m1/s1. The van der Waals surface area contributed by atoms with Gasteiger partial charge in [0.1, 0.15) is 12.6 Å². The minimum Gasteiger partial charge on any atom is -0.352 e. The minimum absolute atomic E-state index is 0.0965. The van der Waals surface area contributed by atoms with Gasteiger partial charge in [-0.3, -0.25) is 13.9 Å². The zero-order valence-electron chi connectivity index (χ0n) is 22.5. The Labute approximate surface area is 254 Å². The predicted octanol–water partition coefficient (Wildman–Crippen LogP) is 6.08. The lowest BCUT2D eigenvalue weighted by atomic mass is 10.0. The smallest absolute Gasteiger partial charge is 0.244 e. The molecule has 0 aromatic heterocycles. The fourth-order valence-corrected chi connectivity index (χ4v) is 5.70. The van der Waals surface area contributed by atoms with Crippen LogP contribution in [0.2, 0.25) is 10.0 Å². The summed E-state index contributed by atoms with van der Waals surface area (Å²) in [5.41, 5.74) is 1.62. The molecule has 0 spiro atoms. The van der Waals surface area contributed by atoms with Crippen LogP contribution in [-0.2, 0) is 32.6 Å². The fraction of sp³-hybridized carbons (Fsp3) is 0.310. The summed E-state index contributed by atoms with van der Waals surface area (Å²) in [5.74, 6) is -0.936. The Kier molecular flexibility index (Phi) is 11.5. The first-order valence-electron chi connectivity index (χ1n) is 12.7. The molecule has 11 heteroatoms. The highest BCUT2D eigenvalue weighted by atomic mass is 79.9. The fourth-order valence-electron chi connectivity index (χ4n) is 4.07. The summed E-state index contributed by atoms with van der Waals surface area (Å²) in [4.78, 5) is 29.2. The average Bonchev–Trinajstić information content (AvgIpc) is 2.91. The zero-order valence-corrected chi connectivity index (χ0v) is 26.4. The van der Waals surface area contributed by atoms with Crippen molar-refractivity contribution in [1.29, 1.82) is 0 Å². The molecule has 0 heterocycles. The van der Waals surface area contributed by atoms with Gasteiger partial charge in [-0.05, 0) is 55.3 Å². The van der Waals surface area contributed by atoms with Gasteiger partial charge in [-0.25, -0.2) is 8.42 Å². The number of rotatable bonds is 12. The van der Waals surface area contributed by atoms with E-state index in [9.17, 15) is 18.0 Å². The summed E-state index contributed by atoms with van der Waals surface area (Å²) in [6, 6.07) is 19.8. The van der Waals surface area contributed by atoms with Gasteiger partial charge < -0.3 is 10.2 Å². The summed E-state index contributed by atoms with van der Waals surface area (Å²) in [6.07, 6.45) is 1.93. The largest absolute Gasteiger partial charge is 0.352 e. The molecule has 0 saturated carbocycles. The maximum atomic E-state index is 14.1. The van der Waals surface area contributed by atoms with Crippen LogP contribution in [0.1, 0.15) is 31.4 Å². The number of hydrogen-bond acceptors (Lipinski definition) is 4. The van der Waals surface area contributed by atoms with Crippen LogP contribution in [0.4, 0.5) is 5.69 Å². The Morgan fingerprint density at radius 3 is 2.10 bits per heavy atom. The van der Waals surface area contributed by atoms with Crippen LogP contribution in [-0.4, -0.2) is 50.0 Å². The number of sulfonamides is 1. The normalized spacial score (nSPS) is 12.8. The number of nitrogens with zero attached hydrogens (tertiary/aromatic N) is 2. The first-order valence-corrected chi connectivity index (χ1v) is 16.1. The molecular formula is C29H32BrCl2N3O4S. The van der Waals surface area contributed by atoms with Crippen molar-refractivity contribution in [3.05, 3.63) is 98.4 Å². The van der Waals surface area contributed by atoms with Crippen LogP contribution >= 0.6 is 39.1 Å². The molecule has 40 heavy (non-hydrogen) atoms. The molecule has 1 N–H and O–H groups in total. The van der Waals surface area contributed by atoms with Gasteiger partial charge in [0, 0.05) is 39.1 Å². The number of carbonyl (C=O) groups is 2. The number of nitrogens with one attached hydrogen (secondary N) is 1. The number of halogens is 3. The maximum Gasteiger partial charge on any atom is 0.244 e. The third-order valence-electron chi connectivity index (χ3n) is 6.46. The van der Waals surface area contributed by atoms with E-state index in [-0.39, 0.29) is 24.9 Å². The van der Waals surface area contributed by atoms with Crippen molar-refractivity contribution in [3.8, 4) is 0 Å². The highest BCUT2D eigenvalue weighted by Crippen LogP contribution is 2.28. The van der Waals surface area contributed by atoms with Gasteiger partial charge in [0.05, 0.1) is 11.9 Å². The van der Waals surface area contributed by atoms with E-state index >= 15 is 0 Å². The molecule has 0 aliphatic rings. The lowest BCUT2D eigenvalue weighted by Crippen LogP contribution is -2.54. The molecule has 0 saturated heterocycles. The van der Waals surface area contributed by atoms with Crippen LogP contribution in [0.5, 0.6) is 0 Å². The Morgan fingerprint density at radius 1 is 0.950 bits per heavy atom. The molecule has 0 aliphatic carbocycles. The van der Waals surface area contributed by atoms with Crippen LogP contribution in [0.25, 0.3) is 0 Å². The predicted molar refractivity (Wildman–Crippen MR) is 165 cm³/mol. The molecule has 3 rings (SSSR count). The second kappa shape index (κ2) is 14.3. The van der Waals surface area contributed by atoms with Crippen molar-refractivity contribution < 1.29 is 18.0 Å². The van der Waals surface area contributed by atoms with Gasteiger partial charge >= 0.3 is 0 Å². The molecular weight excluding hydrogens is 637 g/mol. The van der Waals surface area contributed by atoms with E-state index in [0.717, 1.165) is 20.6 Å². The number of amides is 2. The van der Waals surface area contributed by atoms with E-state index in [0.29, 0.717) is 27.7 Å². The number of hydrogen-bond donors (Lipinski definition) is 1. The topological polar surface area (TPSA) is 86.8 Å². The van der Waals surface area contributed by atoms with Crippen molar-refractivity contribution >= 4 is 66.7 Å². The molecule has 0 fully saturated rings.